The number of amides is 1. The van der Waals surface area contributed by atoms with Crippen LogP contribution in [-0.4, -0.2) is 55.5 Å². The SMILES string of the molecule is CN(C(=O)OC(C)(C)C)[C@@H]1CCN(S(=O)(=O)c2ccc(Br)cc2)C1. The lowest BCUT2D eigenvalue weighted by Crippen LogP contribution is -2.42. The molecule has 1 heterocycles. The molecule has 0 N–H and O–H groups in total. The summed E-state index contributed by atoms with van der Waals surface area (Å²) in [5.74, 6) is 0. The minimum absolute atomic E-state index is 0.190. The number of halogens is 1. The van der Waals surface area contributed by atoms with Crippen LogP contribution in [-0.2, 0) is 14.8 Å². The minimum atomic E-state index is -3.55. The predicted molar refractivity (Wildman–Crippen MR) is 95.3 cm³/mol. The Kier molecular flexibility index (Phi) is 5.61. The van der Waals surface area contributed by atoms with E-state index in [-0.39, 0.29) is 17.5 Å². The van der Waals surface area contributed by atoms with Crippen molar-refractivity contribution in [3.63, 3.8) is 0 Å². The van der Waals surface area contributed by atoms with E-state index in [4.69, 9.17) is 4.74 Å². The molecule has 0 radical (unpaired) electrons. The Morgan fingerprint density at radius 1 is 1.29 bits per heavy atom. The van der Waals surface area contributed by atoms with Crippen LogP contribution in [0.2, 0.25) is 0 Å². The normalized spacial score (nSPS) is 19.3. The highest BCUT2D eigenvalue weighted by Crippen LogP contribution is 2.25. The average molecular weight is 419 g/mol. The first-order chi connectivity index (χ1) is 11.0. The third kappa shape index (κ3) is 4.49. The number of rotatable bonds is 3. The molecule has 134 valence electrons. The lowest BCUT2D eigenvalue weighted by atomic mass is 10.2. The number of nitrogens with zero attached hydrogens (tertiary/aromatic N) is 2. The van der Waals surface area contributed by atoms with Crippen LogP contribution in [0.15, 0.2) is 33.6 Å². The van der Waals surface area contributed by atoms with E-state index in [1.807, 2.05) is 0 Å². The van der Waals surface area contributed by atoms with Crippen LogP contribution in [0.4, 0.5) is 4.79 Å². The standard InChI is InChI=1S/C16H23BrN2O4S/c1-16(2,3)23-15(20)18(4)13-9-10-19(11-13)24(21,22)14-7-5-12(17)6-8-14/h5-8,13H,9-11H2,1-4H3/t13-/m1/s1. The number of carbonyl (C=O) groups excluding carboxylic acids is 1. The van der Waals surface area contributed by atoms with Gasteiger partial charge in [0.2, 0.25) is 10.0 Å². The van der Waals surface area contributed by atoms with Crippen LogP contribution in [0.5, 0.6) is 0 Å². The Balaban J connectivity index is 2.07. The summed E-state index contributed by atoms with van der Waals surface area (Å²) in [5.41, 5.74) is -0.576. The lowest BCUT2D eigenvalue weighted by molar-refractivity contribution is 0.0233. The average Bonchev–Trinajstić information content (AvgIpc) is 2.95. The fourth-order valence-electron chi connectivity index (χ4n) is 2.48. The summed E-state index contributed by atoms with van der Waals surface area (Å²) in [4.78, 5) is 13.9. The first kappa shape index (κ1) is 19.2. The molecule has 24 heavy (non-hydrogen) atoms. The van der Waals surface area contributed by atoms with Gasteiger partial charge in [-0.3, -0.25) is 0 Å². The van der Waals surface area contributed by atoms with E-state index in [2.05, 4.69) is 15.9 Å². The monoisotopic (exact) mass is 418 g/mol. The van der Waals surface area contributed by atoms with Crippen molar-refractivity contribution in [1.82, 2.24) is 9.21 Å². The number of hydrogen-bond acceptors (Lipinski definition) is 4. The summed E-state index contributed by atoms with van der Waals surface area (Å²) in [7, 11) is -1.90. The molecule has 0 aromatic heterocycles. The molecule has 0 bridgehead atoms. The quantitative estimate of drug-likeness (QED) is 0.755. The summed E-state index contributed by atoms with van der Waals surface area (Å²) >= 11 is 3.30. The van der Waals surface area contributed by atoms with Crippen LogP contribution in [0.25, 0.3) is 0 Å². The Bertz CT molecular complexity index is 698. The van der Waals surface area contributed by atoms with Gasteiger partial charge in [0, 0.05) is 30.7 Å². The Morgan fingerprint density at radius 2 is 1.88 bits per heavy atom. The number of likely N-dealkylation sites (N-methyl/N-ethyl adjacent to an activating group) is 1. The van der Waals surface area contributed by atoms with Gasteiger partial charge in [0.1, 0.15) is 5.60 Å². The van der Waals surface area contributed by atoms with Gasteiger partial charge in [-0.1, -0.05) is 15.9 Å². The molecule has 8 heteroatoms. The van der Waals surface area contributed by atoms with Gasteiger partial charge in [0.05, 0.1) is 4.90 Å². The van der Waals surface area contributed by atoms with E-state index in [0.717, 1.165) is 4.47 Å². The summed E-state index contributed by atoms with van der Waals surface area (Å²) in [6, 6.07) is 6.36. The zero-order valence-corrected chi connectivity index (χ0v) is 16.7. The molecular formula is C16H23BrN2O4S. The van der Waals surface area contributed by atoms with Gasteiger partial charge in [0.25, 0.3) is 0 Å². The zero-order valence-electron chi connectivity index (χ0n) is 14.3. The maximum Gasteiger partial charge on any atom is 0.410 e. The third-order valence-corrected chi connectivity index (χ3v) is 6.21. The highest BCUT2D eigenvalue weighted by atomic mass is 79.9. The molecule has 1 aromatic rings. The van der Waals surface area contributed by atoms with Crippen molar-refractivity contribution in [2.24, 2.45) is 0 Å². The largest absolute Gasteiger partial charge is 0.444 e. The molecule has 0 aliphatic carbocycles. The van der Waals surface area contributed by atoms with E-state index in [1.165, 1.54) is 9.21 Å². The molecule has 1 amide bonds. The van der Waals surface area contributed by atoms with Crippen molar-refractivity contribution < 1.29 is 17.9 Å². The third-order valence-electron chi connectivity index (χ3n) is 3.81. The molecule has 0 saturated carbocycles. The first-order valence-corrected chi connectivity index (χ1v) is 9.95. The van der Waals surface area contributed by atoms with Crippen LogP contribution in [0.3, 0.4) is 0 Å². The van der Waals surface area contributed by atoms with Gasteiger partial charge in [0.15, 0.2) is 0 Å². The lowest BCUT2D eigenvalue weighted by Gasteiger charge is -2.28. The zero-order chi connectivity index (χ0) is 18.1. The first-order valence-electron chi connectivity index (χ1n) is 7.72. The van der Waals surface area contributed by atoms with E-state index in [0.29, 0.717) is 13.0 Å². The van der Waals surface area contributed by atoms with Gasteiger partial charge < -0.3 is 9.64 Å². The molecule has 2 rings (SSSR count). The van der Waals surface area contributed by atoms with Crippen molar-refractivity contribution >= 4 is 32.0 Å². The van der Waals surface area contributed by atoms with Crippen molar-refractivity contribution in [1.29, 1.82) is 0 Å². The maximum atomic E-state index is 12.7. The molecule has 1 aliphatic heterocycles. The highest BCUT2D eigenvalue weighted by molar-refractivity contribution is 9.10. The maximum absolute atomic E-state index is 12.7. The second kappa shape index (κ2) is 7.01. The fraction of sp³-hybridized carbons (Fsp3) is 0.562. The minimum Gasteiger partial charge on any atom is -0.444 e. The number of carbonyl (C=O) groups is 1. The summed E-state index contributed by atoms with van der Waals surface area (Å²) < 4.78 is 33.0. The molecular weight excluding hydrogens is 396 g/mol. The molecule has 1 aromatic carbocycles. The number of benzene rings is 1. The summed E-state index contributed by atoms with van der Waals surface area (Å²) in [6.07, 6.45) is 0.154. The van der Waals surface area contributed by atoms with Gasteiger partial charge in [-0.05, 0) is 51.5 Å². The molecule has 1 atom stereocenters. The van der Waals surface area contributed by atoms with Crippen molar-refractivity contribution in [3.8, 4) is 0 Å². The van der Waals surface area contributed by atoms with Gasteiger partial charge in [-0.15, -0.1) is 0 Å². The van der Waals surface area contributed by atoms with Crippen LogP contribution >= 0.6 is 15.9 Å². The van der Waals surface area contributed by atoms with Crippen LogP contribution in [0, 0.1) is 0 Å². The number of hydrogen-bond donors (Lipinski definition) is 0. The summed E-state index contributed by atoms with van der Waals surface area (Å²) in [5, 5.41) is 0. The topological polar surface area (TPSA) is 66.9 Å². The van der Waals surface area contributed by atoms with E-state index >= 15 is 0 Å². The van der Waals surface area contributed by atoms with Crippen LogP contribution in [0.1, 0.15) is 27.2 Å². The number of sulfonamides is 1. The molecule has 0 spiro atoms. The second-order valence-electron chi connectivity index (χ2n) is 6.85. The fourth-order valence-corrected chi connectivity index (χ4v) is 4.24. The molecule has 1 fully saturated rings. The highest BCUT2D eigenvalue weighted by Gasteiger charge is 2.36. The van der Waals surface area contributed by atoms with Crippen molar-refractivity contribution in [3.05, 3.63) is 28.7 Å². The Labute approximate surface area is 151 Å². The Morgan fingerprint density at radius 3 is 2.42 bits per heavy atom. The molecule has 0 unspecified atom stereocenters. The smallest absolute Gasteiger partial charge is 0.410 e. The van der Waals surface area contributed by atoms with Crippen molar-refractivity contribution in [2.75, 3.05) is 20.1 Å². The van der Waals surface area contributed by atoms with Gasteiger partial charge in [-0.25, -0.2) is 13.2 Å². The molecule has 1 aliphatic rings. The number of ether oxygens (including phenoxy) is 1. The predicted octanol–water partition coefficient (Wildman–Crippen LogP) is 3.08. The second-order valence-corrected chi connectivity index (χ2v) is 9.70. The van der Waals surface area contributed by atoms with E-state index in [9.17, 15) is 13.2 Å². The molecule has 1 saturated heterocycles. The van der Waals surface area contributed by atoms with Gasteiger partial charge in [-0.2, -0.15) is 4.31 Å². The van der Waals surface area contributed by atoms with E-state index < -0.39 is 21.7 Å². The molecule has 6 nitrogen and oxygen atoms in total. The summed E-state index contributed by atoms with van der Waals surface area (Å²) in [6.45, 7) is 6.07. The van der Waals surface area contributed by atoms with Crippen molar-refractivity contribution in [2.45, 2.75) is 43.7 Å². The van der Waals surface area contributed by atoms with Gasteiger partial charge >= 0.3 is 6.09 Å². The van der Waals surface area contributed by atoms with E-state index in [1.54, 1.807) is 52.1 Å². The van der Waals surface area contributed by atoms with Crippen LogP contribution < -0.4 is 0 Å². The Hall–Kier alpha value is -1.12.